The van der Waals surface area contributed by atoms with E-state index < -0.39 is 0 Å². The van der Waals surface area contributed by atoms with Gasteiger partial charge in [-0.3, -0.25) is 4.79 Å². The van der Waals surface area contributed by atoms with Crippen molar-refractivity contribution in [2.45, 2.75) is 38.6 Å². The van der Waals surface area contributed by atoms with E-state index in [4.69, 9.17) is 4.52 Å². The van der Waals surface area contributed by atoms with Crippen molar-refractivity contribution in [2.24, 2.45) is 0 Å². The molecule has 1 aliphatic carbocycles. The zero-order valence-electron chi connectivity index (χ0n) is 13.9. The van der Waals surface area contributed by atoms with Crippen LogP contribution in [0.1, 0.15) is 40.2 Å². The lowest BCUT2D eigenvalue weighted by molar-refractivity contribution is 0.101. The summed E-state index contributed by atoms with van der Waals surface area (Å²) in [5.74, 6) is 1.30. The first-order valence-electron chi connectivity index (χ1n) is 8.66. The van der Waals surface area contributed by atoms with E-state index in [2.05, 4.69) is 27.7 Å². The van der Waals surface area contributed by atoms with Gasteiger partial charge in [-0.25, -0.2) is 4.68 Å². The van der Waals surface area contributed by atoms with E-state index in [1.165, 1.54) is 5.56 Å². The molecule has 0 spiro atoms. The van der Waals surface area contributed by atoms with Crippen LogP contribution in [0.3, 0.4) is 0 Å². The van der Waals surface area contributed by atoms with Gasteiger partial charge in [-0.15, -0.1) is 0 Å². The third-order valence-corrected chi connectivity index (χ3v) is 4.58. The van der Waals surface area contributed by atoms with Crippen LogP contribution < -0.4 is 5.32 Å². The summed E-state index contributed by atoms with van der Waals surface area (Å²) in [4.78, 5) is 12.6. The fourth-order valence-electron chi connectivity index (χ4n) is 3.24. The number of aromatic nitrogens is 3. The number of fused-ring (bicyclic) bond motifs is 1. The smallest absolute Gasteiger partial charge is 0.279 e. The topological polar surface area (TPSA) is 73.0 Å². The predicted octanol–water partition coefficient (Wildman–Crippen LogP) is 3.24. The second-order valence-electron chi connectivity index (χ2n) is 6.27. The van der Waals surface area contributed by atoms with Crippen LogP contribution in [0.5, 0.6) is 0 Å². The molecule has 2 aromatic heterocycles. The molecule has 0 saturated carbocycles. The molecule has 1 amide bonds. The Hall–Kier alpha value is -2.89. The van der Waals surface area contributed by atoms with Crippen molar-refractivity contribution in [1.29, 1.82) is 0 Å². The van der Waals surface area contributed by atoms with E-state index in [0.29, 0.717) is 18.1 Å². The van der Waals surface area contributed by atoms with Crippen LogP contribution in [0.2, 0.25) is 0 Å². The molecule has 1 aromatic carbocycles. The zero-order valence-corrected chi connectivity index (χ0v) is 13.9. The highest BCUT2D eigenvalue weighted by molar-refractivity contribution is 6.03. The lowest BCUT2D eigenvalue weighted by Gasteiger charge is -2.10. The lowest BCUT2D eigenvalue weighted by Crippen LogP contribution is -2.18. The number of hydrogen-bond acceptors (Lipinski definition) is 4. The van der Waals surface area contributed by atoms with Gasteiger partial charge < -0.3 is 9.84 Å². The molecule has 0 aliphatic heterocycles. The summed E-state index contributed by atoms with van der Waals surface area (Å²) in [6, 6.07) is 12.0. The third-order valence-electron chi connectivity index (χ3n) is 4.58. The highest BCUT2D eigenvalue weighted by Crippen LogP contribution is 2.24. The Morgan fingerprint density at radius 1 is 1.16 bits per heavy atom. The van der Waals surface area contributed by atoms with Crippen LogP contribution in [0.15, 0.2) is 47.1 Å². The first kappa shape index (κ1) is 15.6. The van der Waals surface area contributed by atoms with Crippen LogP contribution in [-0.2, 0) is 25.8 Å². The number of carbonyl (C=O) groups excluding carboxylic acids is 1. The van der Waals surface area contributed by atoms with Crippen LogP contribution in [0.4, 0.5) is 5.82 Å². The maximum absolute atomic E-state index is 12.6. The molecule has 128 valence electrons. The van der Waals surface area contributed by atoms with Crippen molar-refractivity contribution in [1.82, 2.24) is 14.9 Å². The van der Waals surface area contributed by atoms with Crippen molar-refractivity contribution < 1.29 is 9.32 Å². The maximum atomic E-state index is 12.6. The Bertz CT molecular complexity index is 867. The summed E-state index contributed by atoms with van der Waals surface area (Å²) < 4.78 is 7.13. The molecule has 6 heteroatoms. The standard InChI is InChI=1S/C19H20N4O2/c24-19(18-15-8-4-5-9-16(15)25-22-18)21-17-10-12-20-23(17)13-11-14-6-2-1-3-7-14/h1-3,6-7,10,12H,4-5,8-9,11,13H2,(H,21,24). The van der Waals surface area contributed by atoms with Crippen molar-refractivity contribution >= 4 is 11.7 Å². The Morgan fingerprint density at radius 3 is 2.88 bits per heavy atom. The Balaban J connectivity index is 1.45. The molecule has 2 heterocycles. The van der Waals surface area contributed by atoms with E-state index in [9.17, 15) is 4.79 Å². The predicted molar refractivity (Wildman–Crippen MR) is 93.5 cm³/mol. The fourth-order valence-corrected chi connectivity index (χ4v) is 3.24. The summed E-state index contributed by atoms with van der Waals surface area (Å²) in [7, 11) is 0. The molecule has 6 nitrogen and oxygen atoms in total. The van der Waals surface area contributed by atoms with Gasteiger partial charge in [0.1, 0.15) is 11.6 Å². The molecule has 0 unspecified atom stereocenters. The summed E-state index contributed by atoms with van der Waals surface area (Å²) in [6.45, 7) is 0.698. The van der Waals surface area contributed by atoms with E-state index in [0.717, 1.165) is 43.4 Å². The number of aryl methyl sites for hydroxylation is 3. The van der Waals surface area contributed by atoms with Crippen LogP contribution >= 0.6 is 0 Å². The molecule has 0 bridgehead atoms. The monoisotopic (exact) mass is 336 g/mol. The number of rotatable bonds is 5. The zero-order chi connectivity index (χ0) is 17.1. The van der Waals surface area contributed by atoms with Crippen LogP contribution in [0.25, 0.3) is 0 Å². The third kappa shape index (κ3) is 3.33. The molecule has 0 saturated heterocycles. The Morgan fingerprint density at radius 2 is 2.00 bits per heavy atom. The van der Waals surface area contributed by atoms with E-state index in [-0.39, 0.29) is 5.91 Å². The minimum absolute atomic E-state index is 0.228. The minimum Gasteiger partial charge on any atom is -0.360 e. The molecule has 1 N–H and O–H groups in total. The molecule has 3 aromatic rings. The van der Waals surface area contributed by atoms with Crippen molar-refractivity contribution in [3.8, 4) is 0 Å². The molecule has 1 aliphatic rings. The molecule has 25 heavy (non-hydrogen) atoms. The number of carbonyl (C=O) groups is 1. The van der Waals surface area contributed by atoms with Gasteiger partial charge >= 0.3 is 0 Å². The second kappa shape index (κ2) is 6.93. The van der Waals surface area contributed by atoms with Crippen LogP contribution in [-0.4, -0.2) is 20.8 Å². The average Bonchev–Trinajstić information content (AvgIpc) is 3.27. The van der Waals surface area contributed by atoms with Gasteiger partial charge in [0.05, 0.1) is 6.20 Å². The van der Waals surface area contributed by atoms with Gasteiger partial charge in [0, 0.05) is 24.6 Å². The first-order valence-corrected chi connectivity index (χ1v) is 8.66. The molecule has 0 radical (unpaired) electrons. The first-order chi connectivity index (χ1) is 12.3. The normalized spacial score (nSPS) is 13.4. The number of anilines is 1. The number of amides is 1. The van der Waals surface area contributed by atoms with Gasteiger partial charge in [-0.05, 0) is 31.2 Å². The quantitative estimate of drug-likeness (QED) is 0.776. The summed E-state index contributed by atoms with van der Waals surface area (Å²) >= 11 is 0. The number of hydrogen-bond donors (Lipinski definition) is 1. The number of nitrogens with one attached hydrogen (secondary N) is 1. The average molecular weight is 336 g/mol. The van der Waals surface area contributed by atoms with Crippen molar-refractivity contribution in [3.05, 3.63) is 65.2 Å². The molecular weight excluding hydrogens is 316 g/mol. The summed E-state index contributed by atoms with van der Waals surface area (Å²) in [5.41, 5.74) is 2.60. The van der Waals surface area contributed by atoms with Gasteiger partial charge in [0.2, 0.25) is 0 Å². The van der Waals surface area contributed by atoms with Crippen LogP contribution in [0, 0.1) is 0 Å². The fraction of sp³-hybridized carbons (Fsp3) is 0.316. The van der Waals surface area contributed by atoms with Crippen molar-refractivity contribution in [3.63, 3.8) is 0 Å². The molecular formula is C19H20N4O2. The maximum Gasteiger partial charge on any atom is 0.279 e. The lowest BCUT2D eigenvalue weighted by atomic mass is 9.96. The van der Waals surface area contributed by atoms with Gasteiger partial charge in [0.25, 0.3) is 5.91 Å². The summed E-state index contributed by atoms with van der Waals surface area (Å²) in [5, 5.41) is 11.2. The Labute approximate surface area is 145 Å². The Kier molecular flexibility index (Phi) is 4.33. The summed E-state index contributed by atoms with van der Waals surface area (Å²) in [6.07, 6.45) is 6.43. The highest BCUT2D eigenvalue weighted by Gasteiger charge is 2.24. The minimum atomic E-state index is -0.228. The SMILES string of the molecule is O=C(Nc1ccnn1CCc1ccccc1)c1noc2c1CCCC2. The molecule has 0 atom stereocenters. The van der Waals surface area contributed by atoms with Gasteiger partial charge in [-0.1, -0.05) is 35.5 Å². The van der Waals surface area contributed by atoms with Crippen molar-refractivity contribution in [2.75, 3.05) is 5.32 Å². The highest BCUT2D eigenvalue weighted by atomic mass is 16.5. The van der Waals surface area contributed by atoms with Gasteiger partial charge in [-0.2, -0.15) is 5.10 Å². The second-order valence-corrected chi connectivity index (χ2v) is 6.27. The molecule has 4 rings (SSSR count). The van der Waals surface area contributed by atoms with E-state index in [1.54, 1.807) is 16.9 Å². The van der Waals surface area contributed by atoms with Gasteiger partial charge in [0.15, 0.2) is 5.69 Å². The largest absolute Gasteiger partial charge is 0.360 e. The number of benzene rings is 1. The van der Waals surface area contributed by atoms with E-state index >= 15 is 0 Å². The number of nitrogens with zero attached hydrogens (tertiary/aromatic N) is 3. The van der Waals surface area contributed by atoms with E-state index in [1.807, 2.05) is 18.2 Å². The molecule has 0 fully saturated rings.